The first-order valence-corrected chi connectivity index (χ1v) is 8.38. The fraction of sp³-hybridized carbons (Fsp3) is 0.357. The van der Waals surface area contributed by atoms with Crippen LogP contribution in [0.4, 0.5) is 0 Å². The van der Waals surface area contributed by atoms with Gasteiger partial charge in [-0.05, 0) is 18.5 Å². The maximum Gasteiger partial charge on any atom is 0.258 e. The largest absolute Gasteiger partial charge is 0.313 e. The second-order valence-electron chi connectivity index (χ2n) is 4.71. The first-order valence-electron chi connectivity index (χ1n) is 6.90. The Morgan fingerprint density at radius 1 is 1.19 bits per heavy atom. The molecule has 0 atom stereocenters. The van der Waals surface area contributed by atoms with E-state index in [1.165, 1.54) is 0 Å². The second-order valence-corrected chi connectivity index (χ2v) is 6.42. The summed E-state index contributed by atoms with van der Waals surface area (Å²) in [5.41, 5.74) is 1.55. The summed E-state index contributed by atoms with van der Waals surface area (Å²) in [5, 5.41) is 9.71. The molecule has 2 aromatic rings. The zero-order valence-corrected chi connectivity index (χ0v) is 12.8. The van der Waals surface area contributed by atoms with Gasteiger partial charge in [0.1, 0.15) is 0 Å². The minimum absolute atomic E-state index is 0.127. The minimum atomic E-state index is -3.59. The van der Waals surface area contributed by atoms with Gasteiger partial charge in [0.2, 0.25) is 0 Å². The van der Waals surface area contributed by atoms with Crippen molar-refractivity contribution >= 4 is 10.0 Å². The normalized spacial score (nSPS) is 11.7. The molecule has 0 bridgehead atoms. The molecular formula is C14H20N4O2S. The Bertz CT molecular complexity index is 653. The average Bonchev–Trinajstić information content (AvgIpc) is 2.96. The molecule has 1 aromatic carbocycles. The molecule has 2 rings (SSSR count). The standard InChI is InChI=1S/C14H20N4O2S/c1-2-8-15-10-13-11-16-18-14(13)21(19,20)17-9-12-6-4-3-5-7-12/h3-7,11,15,17H,2,8-10H2,1H3,(H,16,18). The van der Waals surface area contributed by atoms with E-state index in [0.29, 0.717) is 12.1 Å². The van der Waals surface area contributed by atoms with Crippen LogP contribution in [0.3, 0.4) is 0 Å². The van der Waals surface area contributed by atoms with Crippen LogP contribution in [0.1, 0.15) is 24.5 Å². The Morgan fingerprint density at radius 3 is 2.67 bits per heavy atom. The summed E-state index contributed by atoms with van der Waals surface area (Å²) in [5.74, 6) is 0. The van der Waals surface area contributed by atoms with Gasteiger partial charge in [-0.1, -0.05) is 37.3 Å². The highest BCUT2D eigenvalue weighted by Crippen LogP contribution is 2.12. The van der Waals surface area contributed by atoms with Crippen LogP contribution in [-0.2, 0) is 23.1 Å². The lowest BCUT2D eigenvalue weighted by molar-refractivity contribution is 0.573. The van der Waals surface area contributed by atoms with Crippen molar-refractivity contribution in [2.24, 2.45) is 0 Å². The molecule has 0 aliphatic rings. The lowest BCUT2D eigenvalue weighted by Gasteiger charge is -2.08. The molecule has 0 saturated heterocycles. The highest BCUT2D eigenvalue weighted by molar-refractivity contribution is 7.89. The molecule has 7 heteroatoms. The Labute approximate surface area is 125 Å². The van der Waals surface area contributed by atoms with Gasteiger partial charge in [0.05, 0.1) is 6.20 Å². The van der Waals surface area contributed by atoms with Gasteiger partial charge in [0, 0.05) is 18.7 Å². The SMILES string of the molecule is CCCNCc1cn[nH]c1S(=O)(=O)NCc1ccccc1. The van der Waals surface area contributed by atoms with Crippen molar-refractivity contribution in [3.63, 3.8) is 0 Å². The summed E-state index contributed by atoms with van der Waals surface area (Å²) < 4.78 is 27.2. The summed E-state index contributed by atoms with van der Waals surface area (Å²) in [6.45, 7) is 3.62. The van der Waals surface area contributed by atoms with E-state index in [1.54, 1.807) is 6.20 Å². The maximum atomic E-state index is 12.3. The number of rotatable bonds is 8. The highest BCUT2D eigenvalue weighted by Gasteiger charge is 2.20. The Hall–Kier alpha value is -1.70. The average molecular weight is 308 g/mol. The van der Waals surface area contributed by atoms with E-state index < -0.39 is 10.0 Å². The summed E-state index contributed by atoms with van der Waals surface area (Å²) in [6.07, 6.45) is 2.53. The quantitative estimate of drug-likeness (QED) is 0.643. The van der Waals surface area contributed by atoms with Gasteiger partial charge in [0.15, 0.2) is 5.03 Å². The predicted molar refractivity (Wildman–Crippen MR) is 81.1 cm³/mol. The van der Waals surface area contributed by atoms with Crippen molar-refractivity contribution < 1.29 is 8.42 Å². The fourth-order valence-electron chi connectivity index (χ4n) is 1.90. The molecule has 0 unspecified atom stereocenters. The minimum Gasteiger partial charge on any atom is -0.313 e. The van der Waals surface area contributed by atoms with Crippen LogP contribution in [-0.4, -0.2) is 25.2 Å². The number of hydrogen-bond donors (Lipinski definition) is 3. The van der Waals surface area contributed by atoms with Crippen molar-refractivity contribution in [2.75, 3.05) is 6.54 Å². The van der Waals surface area contributed by atoms with Gasteiger partial charge in [-0.25, -0.2) is 13.1 Å². The molecule has 1 heterocycles. The smallest absolute Gasteiger partial charge is 0.258 e. The molecule has 114 valence electrons. The third-order valence-corrected chi connectivity index (χ3v) is 4.41. The summed E-state index contributed by atoms with van der Waals surface area (Å²) in [4.78, 5) is 0. The maximum absolute atomic E-state index is 12.3. The van der Waals surface area contributed by atoms with Crippen molar-refractivity contribution in [3.8, 4) is 0 Å². The Kier molecular flexibility index (Phi) is 5.49. The van der Waals surface area contributed by atoms with Crippen LogP contribution in [0.2, 0.25) is 0 Å². The molecule has 21 heavy (non-hydrogen) atoms. The Morgan fingerprint density at radius 2 is 1.95 bits per heavy atom. The molecule has 6 nitrogen and oxygen atoms in total. The number of aromatic nitrogens is 2. The van der Waals surface area contributed by atoms with Crippen LogP contribution in [0.25, 0.3) is 0 Å². The Balaban J connectivity index is 2.04. The van der Waals surface area contributed by atoms with E-state index in [4.69, 9.17) is 0 Å². The molecule has 0 amide bonds. The van der Waals surface area contributed by atoms with Gasteiger partial charge in [-0.2, -0.15) is 5.10 Å². The van der Waals surface area contributed by atoms with E-state index in [9.17, 15) is 8.42 Å². The van der Waals surface area contributed by atoms with E-state index in [2.05, 4.69) is 27.2 Å². The highest BCUT2D eigenvalue weighted by atomic mass is 32.2. The van der Waals surface area contributed by atoms with Crippen molar-refractivity contribution in [2.45, 2.75) is 31.5 Å². The monoisotopic (exact) mass is 308 g/mol. The zero-order chi connectivity index (χ0) is 15.1. The van der Waals surface area contributed by atoms with Crippen molar-refractivity contribution in [1.29, 1.82) is 0 Å². The van der Waals surface area contributed by atoms with E-state index >= 15 is 0 Å². The van der Waals surface area contributed by atoms with Crippen molar-refractivity contribution in [3.05, 3.63) is 47.7 Å². The fourth-order valence-corrected chi connectivity index (χ4v) is 3.05. The number of aromatic amines is 1. The van der Waals surface area contributed by atoms with Gasteiger partial charge < -0.3 is 5.32 Å². The van der Waals surface area contributed by atoms with Crippen LogP contribution < -0.4 is 10.0 Å². The molecule has 0 spiro atoms. The van der Waals surface area contributed by atoms with E-state index in [0.717, 1.165) is 18.5 Å². The number of nitrogens with zero attached hydrogens (tertiary/aromatic N) is 1. The third-order valence-electron chi connectivity index (χ3n) is 3.00. The van der Waals surface area contributed by atoms with Gasteiger partial charge in [-0.15, -0.1) is 0 Å². The van der Waals surface area contributed by atoms with Gasteiger partial charge >= 0.3 is 0 Å². The molecule has 0 aliphatic heterocycles. The van der Waals surface area contributed by atoms with Crippen LogP contribution in [0.5, 0.6) is 0 Å². The van der Waals surface area contributed by atoms with Crippen LogP contribution >= 0.6 is 0 Å². The van der Waals surface area contributed by atoms with Crippen LogP contribution in [0, 0.1) is 0 Å². The number of nitrogens with one attached hydrogen (secondary N) is 3. The summed E-state index contributed by atoms with van der Waals surface area (Å²) in [7, 11) is -3.59. The third kappa shape index (κ3) is 4.38. The topological polar surface area (TPSA) is 86.9 Å². The van der Waals surface area contributed by atoms with E-state index in [-0.39, 0.29) is 11.6 Å². The first-order chi connectivity index (χ1) is 10.1. The molecule has 0 fully saturated rings. The summed E-state index contributed by atoms with van der Waals surface area (Å²) >= 11 is 0. The number of sulfonamides is 1. The molecule has 3 N–H and O–H groups in total. The molecule has 0 aliphatic carbocycles. The first kappa shape index (κ1) is 15.7. The van der Waals surface area contributed by atoms with Gasteiger partial charge in [-0.3, -0.25) is 5.10 Å². The lowest BCUT2D eigenvalue weighted by atomic mass is 10.2. The molecule has 1 aromatic heterocycles. The number of hydrogen-bond acceptors (Lipinski definition) is 4. The summed E-state index contributed by atoms with van der Waals surface area (Å²) in [6, 6.07) is 9.39. The molecule has 0 radical (unpaired) electrons. The molecular weight excluding hydrogens is 288 g/mol. The number of benzene rings is 1. The van der Waals surface area contributed by atoms with E-state index in [1.807, 2.05) is 30.3 Å². The van der Waals surface area contributed by atoms with Gasteiger partial charge in [0.25, 0.3) is 10.0 Å². The van der Waals surface area contributed by atoms with Crippen LogP contribution in [0.15, 0.2) is 41.6 Å². The predicted octanol–water partition coefficient (Wildman–Crippen LogP) is 1.39. The van der Waals surface area contributed by atoms with Crippen molar-refractivity contribution in [1.82, 2.24) is 20.2 Å². The zero-order valence-electron chi connectivity index (χ0n) is 12.0. The lowest BCUT2D eigenvalue weighted by Crippen LogP contribution is -2.25. The second kappa shape index (κ2) is 7.35. The number of H-pyrrole nitrogens is 1. The molecule has 0 saturated carbocycles.